The predicted molar refractivity (Wildman–Crippen MR) is 135 cm³/mol. The van der Waals surface area contributed by atoms with Gasteiger partial charge in [-0.2, -0.15) is 4.31 Å². The molecule has 2 unspecified atom stereocenters. The van der Waals surface area contributed by atoms with E-state index in [1.54, 1.807) is 38.3 Å². The normalized spacial score (nSPS) is 18.1. The van der Waals surface area contributed by atoms with Crippen molar-refractivity contribution in [2.24, 2.45) is 5.92 Å². The van der Waals surface area contributed by atoms with Gasteiger partial charge in [-0.15, -0.1) is 0 Å². The SMILES string of the molecule is CCCS(=O)(=O)N1CCCC(NC(=O)C(CC(C)C)NC(=O)c2cc3cc(OC)ccc3o2)C(=O)C1. The Balaban J connectivity index is 1.70. The first-order valence-corrected chi connectivity index (χ1v) is 13.8. The molecule has 2 heterocycles. The molecule has 198 valence electrons. The molecule has 1 aromatic heterocycles. The molecule has 36 heavy (non-hydrogen) atoms. The van der Waals surface area contributed by atoms with Crippen molar-refractivity contribution >= 4 is 38.6 Å². The molecule has 1 aromatic carbocycles. The minimum atomic E-state index is -3.51. The molecule has 11 heteroatoms. The third-order valence-electron chi connectivity index (χ3n) is 6.07. The third-order valence-corrected chi connectivity index (χ3v) is 8.09. The number of methoxy groups -OCH3 is 1. The summed E-state index contributed by atoms with van der Waals surface area (Å²) in [6.07, 6.45) is 1.59. The van der Waals surface area contributed by atoms with Crippen LogP contribution in [0.2, 0.25) is 0 Å². The van der Waals surface area contributed by atoms with E-state index in [2.05, 4.69) is 10.6 Å². The first-order valence-electron chi connectivity index (χ1n) is 12.2. The smallest absolute Gasteiger partial charge is 0.287 e. The summed E-state index contributed by atoms with van der Waals surface area (Å²) in [5, 5.41) is 6.17. The number of ketones is 1. The lowest BCUT2D eigenvalue weighted by Crippen LogP contribution is -2.52. The number of Topliss-reactive ketones (excluding diaryl/α,β-unsaturated/α-hetero) is 1. The molecule has 1 aliphatic rings. The maximum Gasteiger partial charge on any atom is 0.287 e. The topological polar surface area (TPSA) is 135 Å². The molecule has 0 saturated carbocycles. The van der Waals surface area contributed by atoms with Gasteiger partial charge in [-0.1, -0.05) is 20.8 Å². The van der Waals surface area contributed by atoms with Crippen molar-refractivity contribution in [3.8, 4) is 5.75 Å². The number of nitrogens with one attached hydrogen (secondary N) is 2. The quantitative estimate of drug-likeness (QED) is 0.490. The third kappa shape index (κ3) is 6.85. The van der Waals surface area contributed by atoms with E-state index in [1.807, 2.05) is 13.8 Å². The van der Waals surface area contributed by atoms with Crippen LogP contribution in [0, 0.1) is 5.92 Å². The Bertz CT molecular complexity index is 1210. The number of amides is 2. The first kappa shape index (κ1) is 27.7. The fourth-order valence-electron chi connectivity index (χ4n) is 4.24. The van der Waals surface area contributed by atoms with Crippen LogP contribution in [0.15, 0.2) is 28.7 Å². The Labute approximate surface area is 211 Å². The number of benzene rings is 1. The zero-order valence-electron chi connectivity index (χ0n) is 21.2. The van der Waals surface area contributed by atoms with E-state index in [4.69, 9.17) is 9.15 Å². The molecule has 0 radical (unpaired) electrons. The fourth-order valence-corrected chi connectivity index (χ4v) is 5.74. The maximum atomic E-state index is 13.2. The van der Waals surface area contributed by atoms with Crippen LogP contribution in [0.25, 0.3) is 11.0 Å². The van der Waals surface area contributed by atoms with Crippen molar-refractivity contribution < 1.29 is 32.0 Å². The van der Waals surface area contributed by atoms with Crippen LogP contribution in [0.4, 0.5) is 0 Å². The van der Waals surface area contributed by atoms with Crippen molar-refractivity contribution in [2.75, 3.05) is 26.0 Å². The summed E-state index contributed by atoms with van der Waals surface area (Å²) in [6, 6.07) is 5.04. The fraction of sp³-hybridized carbons (Fsp3) is 0.560. The molecular formula is C25H35N3O7S. The Morgan fingerprint density at radius 3 is 2.67 bits per heavy atom. The largest absolute Gasteiger partial charge is 0.497 e. The Morgan fingerprint density at radius 2 is 2.00 bits per heavy atom. The minimum Gasteiger partial charge on any atom is -0.497 e. The van der Waals surface area contributed by atoms with Crippen molar-refractivity contribution in [2.45, 2.75) is 58.5 Å². The van der Waals surface area contributed by atoms with E-state index in [0.29, 0.717) is 42.4 Å². The van der Waals surface area contributed by atoms with E-state index in [9.17, 15) is 22.8 Å². The van der Waals surface area contributed by atoms with Crippen LogP contribution in [-0.4, -0.2) is 68.4 Å². The van der Waals surface area contributed by atoms with Gasteiger partial charge in [0, 0.05) is 11.9 Å². The van der Waals surface area contributed by atoms with Crippen molar-refractivity contribution in [1.29, 1.82) is 0 Å². The second-order valence-corrected chi connectivity index (χ2v) is 11.6. The number of sulfonamides is 1. The van der Waals surface area contributed by atoms with Crippen LogP contribution in [0.1, 0.15) is 57.0 Å². The van der Waals surface area contributed by atoms with Gasteiger partial charge in [0.15, 0.2) is 11.5 Å². The number of furan rings is 1. The van der Waals surface area contributed by atoms with Crippen LogP contribution in [0.5, 0.6) is 5.75 Å². The number of ether oxygens (including phenoxy) is 1. The summed E-state index contributed by atoms with van der Waals surface area (Å²) in [5.74, 6) is -0.646. The second kappa shape index (κ2) is 11.9. The molecule has 10 nitrogen and oxygen atoms in total. The molecule has 2 amide bonds. The Kier molecular flexibility index (Phi) is 9.13. The van der Waals surface area contributed by atoms with Crippen molar-refractivity contribution in [3.05, 3.63) is 30.0 Å². The number of carbonyl (C=O) groups excluding carboxylic acids is 3. The van der Waals surface area contributed by atoms with Crippen molar-refractivity contribution in [1.82, 2.24) is 14.9 Å². The molecule has 0 spiro atoms. The van der Waals surface area contributed by atoms with Gasteiger partial charge in [0.05, 0.1) is 25.4 Å². The molecule has 2 N–H and O–H groups in total. The van der Waals surface area contributed by atoms with Crippen LogP contribution < -0.4 is 15.4 Å². The molecular weight excluding hydrogens is 486 g/mol. The monoisotopic (exact) mass is 521 g/mol. The molecule has 0 bridgehead atoms. The highest BCUT2D eigenvalue weighted by molar-refractivity contribution is 7.89. The number of rotatable bonds is 10. The van der Waals surface area contributed by atoms with Gasteiger partial charge in [-0.25, -0.2) is 8.42 Å². The van der Waals surface area contributed by atoms with E-state index < -0.39 is 33.9 Å². The van der Waals surface area contributed by atoms with E-state index in [-0.39, 0.29) is 36.3 Å². The van der Waals surface area contributed by atoms with Gasteiger partial charge >= 0.3 is 0 Å². The van der Waals surface area contributed by atoms with Crippen LogP contribution >= 0.6 is 0 Å². The lowest BCUT2D eigenvalue weighted by Gasteiger charge is -2.23. The van der Waals surface area contributed by atoms with Gasteiger partial charge < -0.3 is 19.8 Å². The lowest BCUT2D eigenvalue weighted by molar-refractivity contribution is -0.129. The van der Waals surface area contributed by atoms with Crippen LogP contribution in [0.3, 0.4) is 0 Å². The van der Waals surface area contributed by atoms with Gasteiger partial charge in [0.1, 0.15) is 17.4 Å². The number of fused-ring (bicyclic) bond motifs is 1. The van der Waals surface area contributed by atoms with E-state index >= 15 is 0 Å². The highest BCUT2D eigenvalue weighted by atomic mass is 32.2. The average Bonchev–Trinajstić information content (AvgIpc) is 3.16. The summed E-state index contributed by atoms with van der Waals surface area (Å²) < 4.78 is 36.9. The summed E-state index contributed by atoms with van der Waals surface area (Å²) in [5.41, 5.74) is 0.512. The molecule has 2 atom stereocenters. The lowest BCUT2D eigenvalue weighted by atomic mass is 10.0. The number of carbonyl (C=O) groups is 3. The van der Waals surface area contributed by atoms with E-state index in [1.165, 1.54) is 4.31 Å². The molecule has 2 aromatic rings. The summed E-state index contributed by atoms with van der Waals surface area (Å²) in [6.45, 7) is 5.59. The predicted octanol–water partition coefficient (Wildman–Crippen LogP) is 2.48. The molecule has 1 saturated heterocycles. The summed E-state index contributed by atoms with van der Waals surface area (Å²) >= 11 is 0. The number of nitrogens with zero attached hydrogens (tertiary/aromatic N) is 1. The Morgan fingerprint density at radius 1 is 1.25 bits per heavy atom. The molecule has 3 rings (SSSR count). The van der Waals surface area contributed by atoms with Gasteiger partial charge in [-0.05, 0) is 55.9 Å². The van der Waals surface area contributed by atoms with Gasteiger partial charge in [-0.3, -0.25) is 14.4 Å². The Hall–Kier alpha value is -2.92. The van der Waals surface area contributed by atoms with Crippen molar-refractivity contribution in [3.63, 3.8) is 0 Å². The number of hydrogen-bond acceptors (Lipinski definition) is 7. The highest BCUT2D eigenvalue weighted by Crippen LogP contribution is 2.24. The van der Waals surface area contributed by atoms with Crippen LogP contribution in [-0.2, 0) is 19.6 Å². The van der Waals surface area contributed by atoms with E-state index in [0.717, 1.165) is 0 Å². The second-order valence-electron chi connectivity index (χ2n) is 9.49. The number of hydrogen-bond donors (Lipinski definition) is 2. The molecule has 1 aliphatic heterocycles. The molecule has 1 fully saturated rings. The summed E-state index contributed by atoms with van der Waals surface area (Å²) in [7, 11) is -1.97. The molecule has 0 aliphatic carbocycles. The standard InChI is InChI=1S/C25H35N3O7S/c1-5-11-36(32,33)28-10-6-7-19(21(29)15-28)26-24(30)20(12-16(2)3)27-25(31)23-14-17-13-18(34-4)8-9-22(17)35-23/h8-9,13-14,16,19-20H,5-7,10-12,15H2,1-4H3,(H,26,30)(H,27,31). The average molecular weight is 522 g/mol. The maximum absolute atomic E-state index is 13.2. The summed E-state index contributed by atoms with van der Waals surface area (Å²) in [4.78, 5) is 38.9. The first-order chi connectivity index (χ1) is 17.0. The minimum absolute atomic E-state index is 0.0195. The van der Waals surface area contributed by atoms with Gasteiger partial charge in [0.25, 0.3) is 5.91 Å². The highest BCUT2D eigenvalue weighted by Gasteiger charge is 2.33. The zero-order valence-corrected chi connectivity index (χ0v) is 22.0. The zero-order chi connectivity index (χ0) is 26.5. The van der Waals surface area contributed by atoms with Gasteiger partial charge in [0.2, 0.25) is 15.9 Å².